The van der Waals surface area contributed by atoms with Gasteiger partial charge in [-0.1, -0.05) is 52.3 Å². The van der Waals surface area contributed by atoms with E-state index in [1.165, 1.54) is 0 Å². The zero-order chi connectivity index (χ0) is 18.4. The van der Waals surface area contributed by atoms with Crippen LogP contribution in [0.2, 0.25) is 0 Å². The van der Waals surface area contributed by atoms with Crippen molar-refractivity contribution in [2.75, 3.05) is 6.61 Å². The van der Waals surface area contributed by atoms with E-state index in [-0.39, 0.29) is 25.0 Å². The maximum Gasteiger partial charge on any atom is 0.310 e. The largest absolute Gasteiger partial charge is 0.493 e. The van der Waals surface area contributed by atoms with Crippen molar-refractivity contribution >= 4 is 27.8 Å². The molecule has 0 unspecified atom stereocenters. The zero-order valence-electron chi connectivity index (χ0n) is 14.2. The normalized spacial score (nSPS) is 14.3. The number of nitrogens with one attached hydrogen (secondary N) is 1. The van der Waals surface area contributed by atoms with Gasteiger partial charge in [-0.2, -0.15) is 0 Å². The average molecular weight is 418 g/mol. The molecule has 1 N–H and O–H groups in total. The number of halogens is 1. The summed E-state index contributed by atoms with van der Waals surface area (Å²) in [6, 6.07) is 16.6. The highest BCUT2D eigenvalue weighted by molar-refractivity contribution is 9.10. The third-order valence-corrected chi connectivity index (χ3v) is 4.38. The second kappa shape index (κ2) is 8.85. The van der Waals surface area contributed by atoms with Crippen LogP contribution < -0.4 is 10.1 Å². The topological polar surface area (TPSA) is 64.6 Å². The number of ether oxygens (including phenoxy) is 2. The van der Waals surface area contributed by atoms with Crippen molar-refractivity contribution in [2.24, 2.45) is 0 Å². The fourth-order valence-electron chi connectivity index (χ4n) is 2.40. The van der Waals surface area contributed by atoms with Crippen molar-refractivity contribution in [2.45, 2.75) is 31.4 Å². The molecule has 1 fully saturated rings. The second-order valence-corrected chi connectivity index (χ2v) is 7.03. The van der Waals surface area contributed by atoms with Crippen LogP contribution in [-0.2, 0) is 14.3 Å². The second-order valence-electron chi connectivity index (χ2n) is 6.12. The van der Waals surface area contributed by atoms with Crippen LogP contribution in [0, 0.1) is 0 Å². The lowest BCUT2D eigenvalue weighted by Crippen LogP contribution is -2.33. The SMILES string of the molecule is O=C(CCOc1cccc(Br)c1)O[C@H](C(=O)NC1CC1)c1ccccc1. The minimum Gasteiger partial charge on any atom is -0.493 e. The molecule has 0 heterocycles. The lowest BCUT2D eigenvalue weighted by atomic mass is 10.1. The summed E-state index contributed by atoms with van der Waals surface area (Å²) in [5, 5.41) is 2.89. The first-order valence-corrected chi connectivity index (χ1v) is 9.34. The van der Waals surface area contributed by atoms with Crippen LogP contribution >= 0.6 is 15.9 Å². The summed E-state index contributed by atoms with van der Waals surface area (Å²) in [5.74, 6) is -0.0852. The molecule has 1 atom stereocenters. The van der Waals surface area contributed by atoms with E-state index >= 15 is 0 Å². The molecule has 0 radical (unpaired) electrons. The first kappa shape index (κ1) is 18.5. The number of hydrogen-bond acceptors (Lipinski definition) is 4. The van der Waals surface area contributed by atoms with Gasteiger partial charge in [-0.15, -0.1) is 0 Å². The number of benzene rings is 2. The molecule has 136 valence electrons. The number of carbonyl (C=O) groups excluding carboxylic acids is 2. The summed E-state index contributed by atoms with van der Waals surface area (Å²) in [6.07, 6.45) is 1.07. The van der Waals surface area contributed by atoms with Gasteiger partial charge >= 0.3 is 5.97 Å². The maximum absolute atomic E-state index is 12.4. The van der Waals surface area contributed by atoms with Gasteiger partial charge in [-0.25, -0.2) is 0 Å². The molecule has 5 nitrogen and oxygen atoms in total. The van der Waals surface area contributed by atoms with Crippen LogP contribution in [0.1, 0.15) is 30.9 Å². The summed E-state index contributed by atoms with van der Waals surface area (Å²) in [6.45, 7) is 0.182. The molecule has 3 rings (SSSR count). The zero-order valence-corrected chi connectivity index (χ0v) is 15.8. The lowest BCUT2D eigenvalue weighted by molar-refractivity contribution is -0.157. The van der Waals surface area contributed by atoms with E-state index in [0.29, 0.717) is 11.3 Å². The molecular weight excluding hydrogens is 398 g/mol. The van der Waals surface area contributed by atoms with E-state index in [4.69, 9.17) is 9.47 Å². The van der Waals surface area contributed by atoms with E-state index in [2.05, 4.69) is 21.2 Å². The predicted octanol–water partition coefficient (Wildman–Crippen LogP) is 3.78. The summed E-state index contributed by atoms with van der Waals surface area (Å²) in [7, 11) is 0. The first-order chi connectivity index (χ1) is 12.6. The molecule has 0 aliphatic heterocycles. The van der Waals surface area contributed by atoms with Crippen LogP contribution in [0.15, 0.2) is 59.1 Å². The van der Waals surface area contributed by atoms with Gasteiger partial charge in [0.2, 0.25) is 6.10 Å². The molecule has 0 bridgehead atoms. The molecule has 1 saturated carbocycles. The Hall–Kier alpha value is -2.34. The molecular formula is C20H20BrNO4. The number of esters is 1. The van der Waals surface area contributed by atoms with Gasteiger partial charge in [0.25, 0.3) is 5.91 Å². The standard InChI is InChI=1S/C20H20BrNO4/c21-15-7-4-8-17(13-15)25-12-11-18(23)26-19(14-5-2-1-3-6-14)20(24)22-16-9-10-16/h1-8,13,16,19H,9-12H2,(H,22,24)/t19-/m0/s1. The van der Waals surface area contributed by atoms with Crippen molar-refractivity contribution in [3.63, 3.8) is 0 Å². The van der Waals surface area contributed by atoms with Crippen molar-refractivity contribution in [3.8, 4) is 5.75 Å². The van der Waals surface area contributed by atoms with Crippen LogP contribution in [0.5, 0.6) is 5.75 Å². The van der Waals surface area contributed by atoms with Gasteiger partial charge in [-0.05, 0) is 31.0 Å². The van der Waals surface area contributed by atoms with E-state index in [9.17, 15) is 9.59 Å². The van der Waals surface area contributed by atoms with Gasteiger partial charge in [0.05, 0.1) is 13.0 Å². The highest BCUT2D eigenvalue weighted by Crippen LogP contribution is 2.23. The number of rotatable bonds is 8. The Morgan fingerprint density at radius 2 is 1.88 bits per heavy atom. The Morgan fingerprint density at radius 1 is 1.12 bits per heavy atom. The molecule has 0 saturated heterocycles. The van der Waals surface area contributed by atoms with E-state index < -0.39 is 12.1 Å². The number of amides is 1. The summed E-state index contributed by atoms with van der Waals surface area (Å²) in [4.78, 5) is 24.6. The Balaban J connectivity index is 1.55. The molecule has 1 amide bonds. The smallest absolute Gasteiger partial charge is 0.310 e. The Morgan fingerprint density at radius 3 is 2.58 bits per heavy atom. The van der Waals surface area contributed by atoms with Gasteiger partial charge < -0.3 is 14.8 Å². The minimum atomic E-state index is -0.935. The maximum atomic E-state index is 12.4. The van der Waals surface area contributed by atoms with Gasteiger partial charge in [0.1, 0.15) is 5.75 Å². The lowest BCUT2D eigenvalue weighted by Gasteiger charge is -2.18. The van der Waals surface area contributed by atoms with Crippen LogP contribution in [0.3, 0.4) is 0 Å². The highest BCUT2D eigenvalue weighted by atomic mass is 79.9. The van der Waals surface area contributed by atoms with Crippen molar-refractivity contribution in [3.05, 3.63) is 64.6 Å². The van der Waals surface area contributed by atoms with E-state index in [0.717, 1.165) is 17.3 Å². The Labute approximate surface area is 160 Å². The summed E-state index contributed by atoms with van der Waals surface area (Å²) in [5.41, 5.74) is 0.659. The molecule has 1 aliphatic rings. The third kappa shape index (κ3) is 5.59. The fourth-order valence-corrected chi connectivity index (χ4v) is 2.78. The fraction of sp³-hybridized carbons (Fsp3) is 0.300. The number of carbonyl (C=O) groups is 2. The number of hydrogen-bond donors (Lipinski definition) is 1. The first-order valence-electron chi connectivity index (χ1n) is 8.55. The average Bonchev–Trinajstić information content (AvgIpc) is 3.44. The van der Waals surface area contributed by atoms with Crippen molar-refractivity contribution in [1.29, 1.82) is 0 Å². The Bertz CT molecular complexity index is 761. The molecule has 2 aromatic rings. The molecule has 1 aliphatic carbocycles. The quantitative estimate of drug-likeness (QED) is 0.663. The predicted molar refractivity (Wildman–Crippen MR) is 101 cm³/mol. The van der Waals surface area contributed by atoms with Gasteiger partial charge in [0, 0.05) is 16.1 Å². The summed E-state index contributed by atoms with van der Waals surface area (Å²) < 4.78 is 11.9. The minimum absolute atomic E-state index is 0.0621. The van der Waals surface area contributed by atoms with Crippen LogP contribution in [0.25, 0.3) is 0 Å². The molecule has 6 heteroatoms. The van der Waals surface area contributed by atoms with Crippen LogP contribution in [0.4, 0.5) is 0 Å². The molecule has 2 aromatic carbocycles. The van der Waals surface area contributed by atoms with Gasteiger partial charge in [0.15, 0.2) is 0 Å². The third-order valence-electron chi connectivity index (χ3n) is 3.88. The van der Waals surface area contributed by atoms with E-state index in [1.807, 2.05) is 42.5 Å². The van der Waals surface area contributed by atoms with Crippen LogP contribution in [-0.4, -0.2) is 24.5 Å². The highest BCUT2D eigenvalue weighted by Gasteiger charge is 2.30. The van der Waals surface area contributed by atoms with E-state index in [1.54, 1.807) is 12.1 Å². The monoisotopic (exact) mass is 417 g/mol. The van der Waals surface area contributed by atoms with Gasteiger partial charge in [-0.3, -0.25) is 9.59 Å². The summed E-state index contributed by atoms with van der Waals surface area (Å²) >= 11 is 3.37. The van der Waals surface area contributed by atoms with Crippen molar-refractivity contribution in [1.82, 2.24) is 5.32 Å². The molecule has 0 aromatic heterocycles. The molecule has 0 spiro atoms. The molecule has 26 heavy (non-hydrogen) atoms. The Kier molecular flexibility index (Phi) is 6.28. The van der Waals surface area contributed by atoms with Crippen molar-refractivity contribution < 1.29 is 19.1 Å².